The lowest BCUT2D eigenvalue weighted by molar-refractivity contribution is -0.0813. The maximum absolute atomic E-state index is 9.95. The van der Waals surface area contributed by atoms with Crippen molar-refractivity contribution in [2.75, 3.05) is 0 Å². The number of rotatable bonds is 4. The molecule has 0 saturated carbocycles. The van der Waals surface area contributed by atoms with Gasteiger partial charge in [-0.05, 0) is 45.9 Å². The van der Waals surface area contributed by atoms with Gasteiger partial charge in [0.1, 0.15) is 11.7 Å². The number of halogens is 1. The summed E-state index contributed by atoms with van der Waals surface area (Å²) in [6.45, 7) is 7.01. The van der Waals surface area contributed by atoms with E-state index < -0.39 is 11.2 Å². The summed E-state index contributed by atoms with van der Waals surface area (Å²) >= 11 is 7.06. The number of benzene rings is 1. The average molecular weight is 286 g/mol. The highest BCUT2D eigenvalue weighted by Gasteiger charge is 2.36. The van der Waals surface area contributed by atoms with Crippen molar-refractivity contribution < 1.29 is 9.29 Å². The zero-order chi connectivity index (χ0) is 14.0. The second-order valence-corrected chi connectivity index (χ2v) is 6.20. The lowest BCUT2D eigenvalue weighted by atomic mass is 9.90. The van der Waals surface area contributed by atoms with E-state index in [9.17, 15) is 5.11 Å². The Morgan fingerprint density at radius 1 is 1.33 bits per heavy atom. The van der Waals surface area contributed by atoms with E-state index in [1.54, 1.807) is 32.0 Å². The molecular weight excluding hydrogens is 270 g/mol. The number of nitrogens with zero attached hydrogens (tertiary/aromatic N) is 1. The summed E-state index contributed by atoms with van der Waals surface area (Å²) in [5.74, 6) is 0. The summed E-state index contributed by atoms with van der Waals surface area (Å²) in [5, 5.41) is 19.1. The van der Waals surface area contributed by atoms with Crippen LogP contribution >= 0.6 is 23.6 Å². The van der Waals surface area contributed by atoms with Crippen LogP contribution < -0.4 is 0 Å². The predicted molar refractivity (Wildman–Crippen MR) is 73.5 cm³/mol. The fourth-order valence-corrected chi connectivity index (χ4v) is 1.98. The molecule has 0 spiro atoms. The molecule has 18 heavy (non-hydrogen) atoms. The third-order valence-electron chi connectivity index (χ3n) is 2.88. The van der Waals surface area contributed by atoms with Gasteiger partial charge >= 0.3 is 0 Å². The highest BCUT2D eigenvalue weighted by Crippen LogP contribution is 2.34. The van der Waals surface area contributed by atoms with E-state index in [1.807, 2.05) is 19.9 Å². The van der Waals surface area contributed by atoms with Gasteiger partial charge in [-0.25, -0.2) is 0 Å². The summed E-state index contributed by atoms with van der Waals surface area (Å²) in [6, 6.07) is 7.07. The van der Waals surface area contributed by atoms with E-state index in [2.05, 4.69) is 0 Å². The molecule has 0 aromatic heterocycles. The van der Waals surface area contributed by atoms with Crippen LogP contribution in [-0.4, -0.2) is 16.3 Å². The molecule has 0 aliphatic heterocycles. The highest BCUT2D eigenvalue weighted by molar-refractivity contribution is 7.94. The standard InChI is InChI=1S/C13H16ClNO2S/c1-12(2,16)13(3,4)17-18-10-6-5-9(8-15)11(14)7-10/h5-7,16H,1-4H3. The fraction of sp³-hybridized carbons (Fsp3) is 0.462. The summed E-state index contributed by atoms with van der Waals surface area (Å²) < 4.78 is 5.63. The van der Waals surface area contributed by atoms with E-state index >= 15 is 0 Å². The maximum Gasteiger partial charge on any atom is 0.106 e. The summed E-state index contributed by atoms with van der Waals surface area (Å²) in [5.41, 5.74) is -1.24. The lowest BCUT2D eigenvalue weighted by Crippen LogP contribution is -2.45. The minimum Gasteiger partial charge on any atom is -0.387 e. The molecular formula is C13H16ClNO2S. The highest BCUT2D eigenvalue weighted by atomic mass is 35.5. The maximum atomic E-state index is 9.95. The molecule has 0 fully saturated rings. The van der Waals surface area contributed by atoms with Crippen LogP contribution in [0.4, 0.5) is 0 Å². The molecule has 5 heteroatoms. The van der Waals surface area contributed by atoms with Crippen LogP contribution in [-0.2, 0) is 4.18 Å². The molecule has 1 aromatic carbocycles. The Kier molecular flexibility index (Phi) is 4.68. The van der Waals surface area contributed by atoms with Gasteiger partial charge in [-0.15, -0.1) is 0 Å². The summed E-state index contributed by atoms with van der Waals surface area (Å²) in [4.78, 5) is 0.788. The molecule has 0 unspecified atom stereocenters. The SMILES string of the molecule is CC(C)(O)C(C)(C)OSc1ccc(C#N)c(Cl)c1. The molecule has 0 radical (unpaired) electrons. The van der Waals surface area contributed by atoms with Crippen LogP contribution in [0.5, 0.6) is 0 Å². The van der Waals surface area contributed by atoms with Crippen LogP contribution in [0, 0.1) is 11.3 Å². The van der Waals surface area contributed by atoms with Gasteiger partial charge in [0.25, 0.3) is 0 Å². The van der Waals surface area contributed by atoms with E-state index in [4.69, 9.17) is 21.0 Å². The molecule has 1 aromatic rings. The minimum absolute atomic E-state index is 0.396. The van der Waals surface area contributed by atoms with Crippen molar-refractivity contribution in [1.29, 1.82) is 5.26 Å². The molecule has 0 aliphatic rings. The first kappa shape index (κ1) is 15.3. The molecule has 0 saturated heterocycles. The predicted octanol–water partition coefficient (Wildman–Crippen LogP) is 3.78. The zero-order valence-corrected chi connectivity index (χ0v) is 12.4. The van der Waals surface area contributed by atoms with Gasteiger partial charge in [0.2, 0.25) is 0 Å². The van der Waals surface area contributed by atoms with Crippen LogP contribution in [0.15, 0.2) is 23.1 Å². The largest absolute Gasteiger partial charge is 0.387 e. The van der Waals surface area contributed by atoms with Crippen LogP contribution in [0.2, 0.25) is 5.02 Å². The first-order valence-corrected chi connectivity index (χ1v) is 6.57. The molecule has 1 N–H and O–H groups in total. The Labute approximate surface area is 117 Å². The summed E-state index contributed by atoms with van der Waals surface area (Å²) in [6.07, 6.45) is 0. The van der Waals surface area contributed by atoms with Crippen LogP contribution in [0.3, 0.4) is 0 Å². The minimum atomic E-state index is -0.962. The number of hydrogen-bond donors (Lipinski definition) is 1. The van der Waals surface area contributed by atoms with Gasteiger partial charge in [-0.2, -0.15) is 5.26 Å². The first-order chi connectivity index (χ1) is 8.17. The topological polar surface area (TPSA) is 53.2 Å². The van der Waals surface area contributed by atoms with Crippen molar-refractivity contribution >= 4 is 23.6 Å². The third-order valence-corrected chi connectivity index (χ3v) is 4.14. The molecule has 0 amide bonds. The molecule has 0 atom stereocenters. The Morgan fingerprint density at radius 2 is 1.94 bits per heavy atom. The molecule has 3 nitrogen and oxygen atoms in total. The number of nitriles is 1. The smallest absolute Gasteiger partial charge is 0.106 e. The van der Waals surface area contributed by atoms with Gasteiger partial charge in [0.15, 0.2) is 0 Å². The van der Waals surface area contributed by atoms with Gasteiger partial charge in [-0.3, -0.25) is 0 Å². The van der Waals surface area contributed by atoms with Crippen LogP contribution in [0.1, 0.15) is 33.3 Å². The Morgan fingerprint density at radius 3 is 2.39 bits per heavy atom. The van der Waals surface area contributed by atoms with Crippen molar-refractivity contribution in [3.63, 3.8) is 0 Å². The molecule has 0 heterocycles. The third kappa shape index (κ3) is 3.63. The lowest BCUT2D eigenvalue weighted by Gasteiger charge is -2.35. The van der Waals surface area contributed by atoms with Crippen molar-refractivity contribution in [3.05, 3.63) is 28.8 Å². The van der Waals surface area contributed by atoms with Crippen molar-refractivity contribution in [2.45, 2.75) is 43.8 Å². The van der Waals surface area contributed by atoms with E-state index in [0.717, 1.165) is 16.9 Å². The van der Waals surface area contributed by atoms with Gasteiger partial charge in [0, 0.05) is 16.9 Å². The molecule has 0 bridgehead atoms. The fourth-order valence-electron chi connectivity index (χ4n) is 0.893. The van der Waals surface area contributed by atoms with E-state index in [1.165, 1.54) is 0 Å². The summed E-state index contributed by atoms with van der Waals surface area (Å²) in [7, 11) is 0. The van der Waals surface area contributed by atoms with Gasteiger partial charge in [0.05, 0.1) is 16.2 Å². The number of hydrogen-bond acceptors (Lipinski definition) is 4. The molecule has 1 rings (SSSR count). The van der Waals surface area contributed by atoms with Crippen molar-refractivity contribution in [3.8, 4) is 6.07 Å². The second kappa shape index (κ2) is 5.50. The monoisotopic (exact) mass is 285 g/mol. The zero-order valence-electron chi connectivity index (χ0n) is 10.8. The van der Waals surface area contributed by atoms with E-state index in [-0.39, 0.29) is 0 Å². The Balaban J connectivity index is 2.77. The van der Waals surface area contributed by atoms with Crippen molar-refractivity contribution in [1.82, 2.24) is 0 Å². The normalized spacial score (nSPS) is 12.3. The Bertz CT molecular complexity index is 475. The first-order valence-electron chi connectivity index (χ1n) is 5.45. The molecule has 98 valence electrons. The second-order valence-electron chi connectivity index (χ2n) is 4.99. The molecule has 0 aliphatic carbocycles. The Hall–Kier alpha value is -0.730. The number of aliphatic hydroxyl groups is 1. The van der Waals surface area contributed by atoms with E-state index in [0.29, 0.717) is 10.6 Å². The van der Waals surface area contributed by atoms with Gasteiger partial charge < -0.3 is 9.29 Å². The van der Waals surface area contributed by atoms with Crippen LogP contribution in [0.25, 0.3) is 0 Å². The van der Waals surface area contributed by atoms with Gasteiger partial charge in [-0.1, -0.05) is 11.6 Å². The van der Waals surface area contributed by atoms with Crippen molar-refractivity contribution in [2.24, 2.45) is 0 Å². The quantitative estimate of drug-likeness (QED) is 0.855. The average Bonchev–Trinajstić information content (AvgIpc) is 2.25.